The van der Waals surface area contributed by atoms with Crippen LogP contribution in [0.1, 0.15) is 25.3 Å². The Kier molecular flexibility index (Phi) is 4.34. The Morgan fingerprint density at radius 1 is 1.35 bits per heavy atom. The summed E-state index contributed by atoms with van der Waals surface area (Å²) in [7, 11) is 0. The van der Waals surface area contributed by atoms with Gasteiger partial charge >= 0.3 is 0 Å². The molecule has 1 aromatic rings. The summed E-state index contributed by atoms with van der Waals surface area (Å²) in [4.78, 5) is 5.24. The first-order chi connectivity index (χ1) is 9.69. The van der Waals surface area contributed by atoms with Crippen molar-refractivity contribution in [1.82, 2.24) is 4.90 Å². The fourth-order valence-corrected chi connectivity index (χ4v) is 4.19. The fraction of sp³-hybridized carbons (Fsp3) is 0.625. The number of nitrogens with zero attached hydrogens (tertiary/aromatic N) is 2. The van der Waals surface area contributed by atoms with Gasteiger partial charge < -0.3 is 10.6 Å². The fourth-order valence-electron chi connectivity index (χ4n) is 3.62. The summed E-state index contributed by atoms with van der Waals surface area (Å²) in [6, 6.07) is 8.11. The number of hydrogen-bond donors (Lipinski definition) is 1. The Bertz CT molecular complexity index is 477. The van der Waals surface area contributed by atoms with Crippen LogP contribution in [0.25, 0.3) is 0 Å². The second kappa shape index (κ2) is 6.04. The molecule has 2 heterocycles. The quantitative estimate of drug-likeness (QED) is 0.920. The first-order valence-electron chi connectivity index (χ1n) is 7.68. The highest BCUT2D eigenvalue weighted by Crippen LogP contribution is 2.31. The lowest BCUT2D eigenvalue weighted by Gasteiger charge is -2.43. The molecule has 2 saturated heterocycles. The number of benzene rings is 1. The van der Waals surface area contributed by atoms with Crippen molar-refractivity contribution in [2.45, 2.75) is 38.3 Å². The molecule has 2 aliphatic rings. The van der Waals surface area contributed by atoms with Crippen molar-refractivity contribution in [3.63, 3.8) is 0 Å². The second-order valence-electron chi connectivity index (χ2n) is 6.11. The van der Waals surface area contributed by atoms with Crippen molar-refractivity contribution in [2.24, 2.45) is 5.73 Å². The SMILES string of the molecule is CC1CN2CCCC2CN1c1ccc(CCN)c(Br)c1. The zero-order valence-corrected chi connectivity index (χ0v) is 13.8. The van der Waals surface area contributed by atoms with Crippen LogP contribution in [0.5, 0.6) is 0 Å². The molecule has 4 heteroatoms. The topological polar surface area (TPSA) is 32.5 Å². The van der Waals surface area contributed by atoms with E-state index < -0.39 is 0 Å². The van der Waals surface area contributed by atoms with Crippen molar-refractivity contribution in [3.8, 4) is 0 Å². The summed E-state index contributed by atoms with van der Waals surface area (Å²) in [6.07, 6.45) is 3.66. The van der Waals surface area contributed by atoms with E-state index in [1.807, 2.05) is 0 Å². The van der Waals surface area contributed by atoms with Crippen LogP contribution in [0.4, 0.5) is 5.69 Å². The molecule has 2 aliphatic heterocycles. The molecule has 3 rings (SSSR count). The standard InChI is InChI=1S/C16H24BrN3/c1-12-10-19-8-2-3-15(19)11-20(12)14-5-4-13(6-7-18)16(17)9-14/h4-5,9,12,15H,2-3,6-8,10-11,18H2,1H3. The molecular weight excluding hydrogens is 314 g/mol. The van der Waals surface area contributed by atoms with Gasteiger partial charge in [-0.15, -0.1) is 0 Å². The van der Waals surface area contributed by atoms with Crippen LogP contribution in [0.2, 0.25) is 0 Å². The van der Waals surface area contributed by atoms with Gasteiger partial charge in [0.05, 0.1) is 0 Å². The molecule has 0 aliphatic carbocycles. The maximum Gasteiger partial charge on any atom is 0.0389 e. The Morgan fingerprint density at radius 3 is 2.95 bits per heavy atom. The van der Waals surface area contributed by atoms with E-state index in [0.717, 1.165) is 12.5 Å². The molecular formula is C16H24BrN3. The van der Waals surface area contributed by atoms with Crippen molar-refractivity contribution in [1.29, 1.82) is 0 Å². The average Bonchev–Trinajstić information content (AvgIpc) is 2.87. The van der Waals surface area contributed by atoms with E-state index in [0.29, 0.717) is 12.6 Å². The predicted molar refractivity (Wildman–Crippen MR) is 88.3 cm³/mol. The number of halogens is 1. The molecule has 1 aromatic carbocycles. The second-order valence-corrected chi connectivity index (χ2v) is 6.96. The van der Waals surface area contributed by atoms with Gasteiger partial charge in [0.15, 0.2) is 0 Å². The van der Waals surface area contributed by atoms with E-state index >= 15 is 0 Å². The normalized spacial score (nSPS) is 26.9. The highest BCUT2D eigenvalue weighted by atomic mass is 79.9. The zero-order valence-electron chi connectivity index (χ0n) is 12.2. The molecule has 2 N–H and O–H groups in total. The van der Waals surface area contributed by atoms with Crippen LogP contribution < -0.4 is 10.6 Å². The minimum Gasteiger partial charge on any atom is -0.366 e. The lowest BCUT2D eigenvalue weighted by Crippen LogP contribution is -2.55. The van der Waals surface area contributed by atoms with E-state index in [-0.39, 0.29) is 0 Å². The van der Waals surface area contributed by atoms with Crippen molar-refractivity contribution < 1.29 is 0 Å². The van der Waals surface area contributed by atoms with Crippen LogP contribution in [0.15, 0.2) is 22.7 Å². The number of anilines is 1. The van der Waals surface area contributed by atoms with E-state index in [1.165, 1.54) is 48.2 Å². The van der Waals surface area contributed by atoms with Crippen molar-refractivity contribution in [2.75, 3.05) is 31.1 Å². The van der Waals surface area contributed by atoms with Crippen LogP contribution in [0, 0.1) is 0 Å². The van der Waals surface area contributed by atoms with Crippen LogP contribution >= 0.6 is 15.9 Å². The van der Waals surface area contributed by atoms with E-state index in [2.05, 4.69) is 50.9 Å². The molecule has 0 aromatic heterocycles. The molecule has 0 radical (unpaired) electrons. The third-order valence-electron chi connectivity index (χ3n) is 4.72. The van der Waals surface area contributed by atoms with E-state index in [4.69, 9.17) is 5.73 Å². The molecule has 110 valence electrons. The van der Waals surface area contributed by atoms with E-state index in [1.54, 1.807) is 0 Å². The summed E-state index contributed by atoms with van der Waals surface area (Å²) in [5, 5.41) is 0. The average molecular weight is 338 g/mol. The molecule has 2 unspecified atom stereocenters. The zero-order chi connectivity index (χ0) is 14.1. The molecule has 2 fully saturated rings. The van der Waals surface area contributed by atoms with Gasteiger partial charge in [0, 0.05) is 35.3 Å². The highest BCUT2D eigenvalue weighted by molar-refractivity contribution is 9.10. The monoisotopic (exact) mass is 337 g/mol. The summed E-state index contributed by atoms with van der Waals surface area (Å²) in [5.74, 6) is 0. The summed E-state index contributed by atoms with van der Waals surface area (Å²) in [6.45, 7) is 6.71. The molecule has 0 saturated carbocycles. The lowest BCUT2D eigenvalue weighted by atomic mass is 10.1. The van der Waals surface area contributed by atoms with Gasteiger partial charge in [0.25, 0.3) is 0 Å². The molecule has 2 atom stereocenters. The van der Waals surface area contributed by atoms with E-state index in [9.17, 15) is 0 Å². The first kappa shape index (κ1) is 14.4. The third kappa shape index (κ3) is 2.74. The number of fused-ring (bicyclic) bond motifs is 1. The third-order valence-corrected chi connectivity index (χ3v) is 5.46. The van der Waals surface area contributed by atoms with Crippen LogP contribution in [-0.2, 0) is 6.42 Å². The summed E-state index contributed by atoms with van der Waals surface area (Å²) < 4.78 is 1.20. The van der Waals surface area contributed by atoms with Gasteiger partial charge in [-0.3, -0.25) is 4.90 Å². The Labute approximate surface area is 130 Å². The summed E-state index contributed by atoms with van der Waals surface area (Å²) in [5.41, 5.74) is 8.31. The molecule has 3 nitrogen and oxygen atoms in total. The molecule has 0 amide bonds. The minimum atomic E-state index is 0.594. The smallest absolute Gasteiger partial charge is 0.0389 e. The van der Waals surface area contributed by atoms with Crippen molar-refractivity contribution >= 4 is 21.6 Å². The van der Waals surface area contributed by atoms with Gasteiger partial charge in [-0.05, 0) is 57.0 Å². The van der Waals surface area contributed by atoms with Crippen LogP contribution in [0.3, 0.4) is 0 Å². The molecule has 20 heavy (non-hydrogen) atoms. The Hall–Kier alpha value is -0.580. The maximum atomic E-state index is 5.65. The Balaban J connectivity index is 1.79. The number of piperazine rings is 1. The van der Waals surface area contributed by atoms with Gasteiger partial charge in [0.1, 0.15) is 0 Å². The predicted octanol–water partition coefficient (Wildman–Crippen LogP) is 2.62. The van der Waals surface area contributed by atoms with Crippen LogP contribution in [-0.4, -0.2) is 43.2 Å². The number of nitrogens with two attached hydrogens (primary N) is 1. The van der Waals surface area contributed by atoms with Gasteiger partial charge in [0.2, 0.25) is 0 Å². The minimum absolute atomic E-state index is 0.594. The van der Waals surface area contributed by atoms with Gasteiger partial charge in [-0.2, -0.15) is 0 Å². The largest absolute Gasteiger partial charge is 0.366 e. The number of hydrogen-bond acceptors (Lipinski definition) is 3. The van der Waals surface area contributed by atoms with Gasteiger partial charge in [-0.25, -0.2) is 0 Å². The van der Waals surface area contributed by atoms with Gasteiger partial charge in [-0.1, -0.05) is 22.0 Å². The number of rotatable bonds is 3. The van der Waals surface area contributed by atoms with Crippen molar-refractivity contribution in [3.05, 3.63) is 28.2 Å². The molecule has 0 bridgehead atoms. The highest BCUT2D eigenvalue weighted by Gasteiger charge is 2.34. The maximum absolute atomic E-state index is 5.65. The molecule has 0 spiro atoms. The first-order valence-corrected chi connectivity index (χ1v) is 8.47. The summed E-state index contributed by atoms with van der Waals surface area (Å²) >= 11 is 3.70. The Morgan fingerprint density at radius 2 is 2.20 bits per heavy atom. The lowest BCUT2D eigenvalue weighted by molar-refractivity contribution is 0.203.